The van der Waals surface area contributed by atoms with Crippen LogP contribution in [-0.2, 0) is 25.4 Å². The normalized spacial score (nSPS) is 21.5. The van der Waals surface area contributed by atoms with Gasteiger partial charge in [-0.3, -0.25) is 28.6 Å². The third kappa shape index (κ3) is 4.98. The maximum atomic E-state index is 13.1. The lowest BCUT2D eigenvalue weighted by atomic mass is 10.0. The molecule has 2 aliphatic rings. The van der Waals surface area contributed by atoms with E-state index in [0.29, 0.717) is 69.0 Å². The van der Waals surface area contributed by atoms with Gasteiger partial charge in [-0.1, -0.05) is 53.5 Å². The van der Waals surface area contributed by atoms with Gasteiger partial charge >= 0.3 is 11.7 Å². The molecule has 16 heteroatoms. The number of carbonyl (C=O) groups is 1. The zero-order chi connectivity index (χ0) is 35.0. The Morgan fingerprint density at radius 1 is 1.00 bits per heavy atom. The van der Waals surface area contributed by atoms with E-state index >= 15 is 0 Å². The number of pyridine rings is 1. The predicted octanol–water partition coefficient (Wildman–Crippen LogP) is 2.74. The van der Waals surface area contributed by atoms with Crippen molar-refractivity contribution in [3.63, 3.8) is 0 Å². The van der Waals surface area contributed by atoms with Gasteiger partial charge in [0.25, 0.3) is 5.56 Å². The van der Waals surface area contributed by atoms with Gasteiger partial charge in [0.2, 0.25) is 5.88 Å². The minimum atomic E-state index is -0.996. The van der Waals surface area contributed by atoms with Crippen molar-refractivity contribution in [1.82, 2.24) is 29.0 Å². The predicted molar refractivity (Wildman–Crippen MR) is 185 cm³/mol. The molecule has 0 bridgehead atoms. The summed E-state index contributed by atoms with van der Waals surface area (Å²) in [5.41, 5.74) is 13.5. The molecule has 0 spiro atoms. The number of nitrogens with one attached hydrogen (secondary N) is 1. The van der Waals surface area contributed by atoms with Crippen LogP contribution >= 0.6 is 23.2 Å². The lowest BCUT2D eigenvalue weighted by Gasteiger charge is -2.21. The zero-order valence-corrected chi connectivity index (χ0v) is 28.1. The van der Waals surface area contributed by atoms with Gasteiger partial charge in [0.15, 0.2) is 0 Å². The molecule has 252 valence electrons. The number of likely N-dealkylation sites (tertiary alicyclic amines) is 1. The van der Waals surface area contributed by atoms with E-state index in [1.54, 1.807) is 37.5 Å². The number of aliphatic carboxylic acids is 1. The number of carboxylic acid groups (broad SMARTS) is 1. The van der Waals surface area contributed by atoms with Gasteiger partial charge < -0.3 is 26.6 Å². The second kappa shape index (κ2) is 11.6. The summed E-state index contributed by atoms with van der Waals surface area (Å²) >= 11 is 14.0. The summed E-state index contributed by atoms with van der Waals surface area (Å²) in [6.07, 6.45) is 3.10. The second-order valence-corrected chi connectivity index (χ2v) is 13.2. The number of carboxylic acids is 1. The van der Waals surface area contributed by atoms with Gasteiger partial charge in [-0.15, -0.1) is 0 Å². The van der Waals surface area contributed by atoms with Crippen LogP contribution in [0.15, 0.2) is 64.4 Å². The summed E-state index contributed by atoms with van der Waals surface area (Å²) in [5, 5.41) is 13.6. The number of hydrogen-bond acceptors (Lipinski definition) is 11. The largest absolute Gasteiger partial charge is 0.481 e. The fourth-order valence-electron chi connectivity index (χ4n) is 7.01. The third-order valence-electron chi connectivity index (χ3n) is 9.61. The highest BCUT2D eigenvalue weighted by Gasteiger charge is 2.80. The van der Waals surface area contributed by atoms with Crippen LogP contribution < -0.4 is 32.8 Å². The molecular weight excluding hydrogens is 673 g/mol. The first-order chi connectivity index (χ1) is 23.3. The first-order valence-corrected chi connectivity index (χ1v) is 15.9. The topological polar surface area (TPSA) is 197 Å². The Kier molecular flexibility index (Phi) is 7.76. The number of methoxy groups -OCH3 is 1. The van der Waals surface area contributed by atoms with Gasteiger partial charge in [0.05, 0.1) is 57.2 Å². The van der Waals surface area contributed by atoms with Crippen LogP contribution in [0, 0.1) is 5.92 Å². The fourth-order valence-corrected chi connectivity index (χ4v) is 7.61. The molecule has 2 fully saturated rings. The Labute approximate surface area is 288 Å². The number of nitrogens with zero attached hydrogens (tertiary/aromatic N) is 6. The Balaban J connectivity index is 1.19. The number of anilines is 2. The lowest BCUT2D eigenvalue weighted by Crippen LogP contribution is -2.39. The van der Waals surface area contributed by atoms with Gasteiger partial charge in [-0.2, -0.15) is 0 Å². The Hall–Kier alpha value is -4.86. The summed E-state index contributed by atoms with van der Waals surface area (Å²) in [6.45, 7) is 0.933. The van der Waals surface area contributed by atoms with Gasteiger partial charge in [0.1, 0.15) is 16.9 Å². The summed E-state index contributed by atoms with van der Waals surface area (Å²) in [7, 11) is 4.49. The van der Waals surface area contributed by atoms with Crippen LogP contribution in [0.25, 0.3) is 33.3 Å². The molecule has 6 N–H and O–H groups in total. The van der Waals surface area contributed by atoms with Crippen molar-refractivity contribution in [2.24, 2.45) is 31.5 Å². The standard InChI is InChI=1S/C33H31Cl2N9O5/c1-42-22-10-11-38-27(23(22)29(45)43(2)31(42)48)40-19-9-5-7-17(25(19)35)16-6-4-8-18(24(16)34)20-12-39-21(28(41-20)49-3)13-44-14-32(36)26(30(46)47)33(32,37)15-44/h4-12,26H,13-15,36-37H2,1-3H3,(H,38,40)(H,46,47)/t26?,32-,33+. The van der Waals surface area contributed by atoms with E-state index in [4.69, 9.17) is 44.4 Å². The molecule has 49 heavy (non-hydrogen) atoms. The number of fused-ring (bicyclic) bond motifs is 2. The minimum absolute atomic E-state index is 0.237. The highest BCUT2D eigenvalue weighted by atomic mass is 35.5. The average Bonchev–Trinajstić information content (AvgIpc) is 3.42. The summed E-state index contributed by atoms with van der Waals surface area (Å²) in [4.78, 5) is 52.8. The molecular formula is C33H31Cl2N9O5. The number of aromatic nitrogens is 5. The van der Waals surface area contributed by atoms with E-state index in [2.05, 4.69) is 15.3 Å². The van der Waals surface area contributed by atoms with Gasteiger partial charge in [-0.05, 0) is 12.1 Å². The molecule has 3 atom stereocenters. The SMILES string of the molecule is COc1nc(-c2cccc(-c3cccc(Nc4nccc5c4c(=O)n(C)c(=O)n5C)c3Cl)c2Cl)cnc1CN1C[C@@]2(N)C(C(=O)O)[C@@]2(N)C1. The van der Waals surface area contributed by atoms with Crippen molar-refractivity contribution >= 4 is 51.6 Å². The lowest BCUT2D eigenvalue weighted by molar-refractivity contribution is -0.139. The van der Waals surface area contributed by atoms with E-state index in [1.807, 2.05) is 23.1 Å². The third-order valence-corrected chi connectivity index (χ3v) is 10.4. The highest BCUT2D eigenvalue weighted by Crippen LogP contribution is 2.56. The molecule has 1 unspecified atom stereocenters. The molecule has 5 aromatic rings. The minimum Gasteiger partial charge on any atom is -0.481 e. The zero-order valence-electron chi connectivity index (χ0n) is 26.6. The van der Waals surface area contributed by atoms with E-state index in [0.717, 1.165) is 4.57 Å². The Morgan fingerprint density at radius 3 is 2.33 bits per heavy atom. The molecule has 7 rings (SSSR count). The summed E-state index contributed by atoms with van der Waals surface area (Å²) < 4.78 is 8.00. The van der Waals surface area contributed by atoms with Crippen LogP contribution in [0.5, 0.6) is 5.88 Å². The van der Waals surface area contributed by atoms with Crippen LogP contribution in [-0.4, -0.2) is 71.3 Å². The van der Waals surface area contributed by atoms with Crippen LogP contribution in [0.2, 0.25) is 10.0 Å². The molecule has 14 nitrogen and oxygen atoms in total. The molecule has 1 saturated carbocycles. The number of rotatable bonds is 8. The Morgan fingerprint density at radius 2 is 1.65 bits per heavy atom. The smallest absolute Gasteiger partial charge is 0.330 e. The molecule has 1 aliphatic heterocycles. The molecule has 4 heterocycles. The molecule has 1 aliphatic carbocycles. The van der Waals surface area contributed by atoms with Crippen molar-refractivity contribution in [2.75, 3.05) is 25.5 Å². The molecule has 0 radical (unpaired) electrons. The van der Waals surface area contributed by atoms with E-state index < -0.39 is 34.2 Å². The van der Waals surface area contributed by atoms with Crippen molar-refractivity contribution in [1.29, 1.82) is 0 Å². The van der Waals surface area contributed by atoms with Crippen molar-refractivity contribution in [3.05, 3.63) is 91.4 Å². The van der Waals surface area contributed by atoms with Gasteiger partial charge in [-0.25, -0.2) is 14.8 Å². The van der Waals surface area contributed by atoms with E-state index in [1.165, 1.54) is 24.9 Å². The van der Waals surface area contributed by atoms with Crippen LogP contribution in [0.1, 0.15) is 5.69 Å². The first-order valence-electron chi connectivity index (χ1n) is 15.1. The summed E-state index contributed by atoms with van der Waals surface area (Å²) in [6, 6.07) is 12.4. The molecule has 3 aromatic heterocycles. The van der Waals surface area contributed by atoms with Crippen molar-refractivity contribution < 1.29 is 14.6 Å². The maximum Gasteiger partial charge on any atom is 0.330 e. The van der Waals surface area contributed by atoms with Crippen molar-refractivity contribution in [2.45, 2.75) is 17.6 Å². The number of aryl methyl sites for hydroxylation is 1. The van der Waals surface area contributed by atoms with Crippen LogP contribution in [0.3, 0.4) is 0 Å². The molecule has 2 aromatic carbocycles. The highest BCUT2D eigenvalue weighted by molar-refractivity contribution is 6.39. The average molecular weight is 705 g/mol. The number of benzene rings is 2. The number of halogens is 2. The number of hydrogen-bond donors (Lipinski definition) is 4. The molecule has 1 saturated heterocycles. The quantitative estimate of drug-likeness (QED) is 0.185. The van der Waals surface area contributed by atoms with E-state index in [-0.39, 0.29) is 17.1 Å². The monoisotopic (exact) mass is 703 g/mol. The summed E-state index contributed by atoms with van der Waals surface area (Å²) in [5.74, 6) is -1.25. The molecule has 0 amide bonds. The number of nitrogens with two attached hydrogens (primary N) is 2. The Bertz CT molecular complexity index is 2310. The van der Waals surface area contributed by atoms with Crippen LogP contribution in [0.4, 0.5) is 11.5 Å². The first kappa shape index (κ1) is 32.7. The van der Waals surface area contributed by atoms with E-state index in [9.17, 15) is 19.5 Å². The number of ether oxygens (including phenoxy) is 1. The number of piperidine rings is 1. The van der Waals surface area contributed by atoms with Crippen molar-refractivity contribution in [3.8, 4) is 28.3 Å². The fraction of sp³-hybridized carbons (Fsp3) is 0.273. The van der Waals surface area contributed by atoms with Gasteiger partial charge in [0, 0.05) is 56.6 Å². The second-order valence-electron chi connectivity index (χ2n) is 12.4. The maximum absolute atomic E-state index is 13.1.